The molecule has 1 saturated carbocycles. The fraction of sp³-hybridized carbons (Fsp3) is 0.467. The van der Waals surface area contributed by atoms with E-state index in [-0.39, 0.29) is 5.82 Å². The zero-order valence-electron chi connectivity index (χ0n) is 11.8. The van der Waals surface area contributed by atoms with Crippen LogP contribution in [0.3, 0.4) is 0 Å². The Morgan fingerprint density at radius 2 is 2.10 bits per heavy atom. The van der Waals surface area contributed by atoms with Crippen molar-refractivity contribution in [3.63, 3.8) is 0 Å². The lowest BCUT2D eigenvalue weighted by Gasteiger charge is -2.33. The molecule has 3 rings (SSSR count). The minimum atomic E-state index is -0.534. The van der Waals surface area contributed by atoms with Gasteiger partial charge in [-0.25, -0.2) is 4.39 Å². The Labute approximate surface area is 131 Å². The van der Waals surface area contributed by atoms with Gasteiger partial charge in [0.05, 0.1) is 11.1 Å². The third-order valence-corrected chi connectivity index (χ3v) is 4.89. The van der Waals surface area contributed by atoms with E-state index in [1.54, 1.807) is 6.07 Å². The number of nitrogens with zero attached hydrogens (tertiary/aromatic N) is 2. The van der Waals surface area contributed by atoms with Gasteiger partial charge in [-0.15, -0.1) is 0 Å². The lowest BCUT2D eigenvalue weighted by Crippen LogP contribution is -2.41. The summed E-state index contributed by atoms with van der Waals surface area (Å²) in [5, 5.41) is 4.03. The van der Waals surface area contributed by atoms with E-state index in [2.05, 4.69) is 33.0 Å². The van der Waals surface area contributed by atoms with E-state index in [4.69, 9.17) is 10.3 Å². The summed E-state index contributed by atoms with van der Waals surface area (Å²) >= 11 is 3.37. The maximum atomic E-state index is 13.4. The first-order valence-electron chi connectivity index (χ1n) is 7.06. The second-order valence-corrected chi connectivity index (χ2v) is 6.74. The molecular formula is C15H17BrFN3O. The molecule has 2 N–H and O–H groups in total. The molecule has 0 bridgehead atoms. The molecule has 1 aromatic heterocycles. The van der Waals surface area contributed by atoms with Gasteiger partial charge in [-0.1, -0.05) is 12.1 Å². The van der Waals surface area contributed by atoms with Crippen LogP contribution >= 0.6 is 15.9 Å². The second-order valence-electron chi connectivity index (χ2n) is 5.89. The van der Waals surface area contributed by atoms with Gasteiger partial charge in [0.25, 0.3) is 5.89 Å². The molecule has 1 aromatic carbocycles. The lowest BCUT2D eigenvalue weighted by atomic mass is 9.77. The van der Waals surface area contributed by atoms with Gasteiger partial charge in [-0.2, -0.15) is 4.98 Å². The van der Waals surface area contributed by atoms with Crippen LogP contribution in [0.2, 0.25) is 0 Å². The smallest absolute Gasteiger partial charge is 0.259 e. The van der Waals surface area contributed by atoms with Crippen LogP contribution in [0, 0.1) is 11.7 Å². The summed E-state index contributed by atoms with van der Waals surface area (Å²) in [5.74, 6) is 1.15. The molecule has 4 nitrogen and oxygen atoms in total. The Hall–Kier alpha value is -1.27. The van der Waals surface area contributed by atoms with Crippen molar-refractivity contribution in [1.82, 2.24) is 10.1 Å². The fourth-order valence-corrected chi connectivity index (χ4v) is 3.11. The van der Waals surface area contributed by atoms with E-state index in [1.807, 2.05) is 0 Å². The molecule has 21 heavy (non-hydrogen) atoms. The molecule has 0 aliphatic heterocycles. The monoisotopic (exact) mass is 353 g/mol. The molecule has 0 radical (unpaired) electrons. The predicted molar refractivity (Wildman–Crippen MR) is 80.9 cm³/mol. The fourth-order valence-electron chi connectivity index (χ4n) is 2.70. The zero-order chi connectivity index (χ0) is 15.0. The first-order chi connectivity index (χ1) is 9.98. The Kier molecular flexibility index (Phi) is 3.84. The topological polar surface area (TPSA) is 64.9 Å². The minimum Gasteiger partial charge on any atom is -0.334 e. The number of aromatic nitrogens is 2. The van der Waals surface area contributed by atoms with Crippen molar-refractivity contribution >= 4 is 15.9 Å². The van der Waals surface area contributed by atoms with Crippen molar-refractivity contribution in [3.8, 4) is 11.5 Å². The van der Waals surface area contributed by atoms with E-state index >= 15 is 0 Å². The standard InChI is InChI=1S/C15H17BrFN3O/c1-9-4-6-15(18,7-5-9)14-19-13(21-20-14)11-8-10(17)2-3-12(11)16/h2-3,8-9H,4-7,18H2,1H3. The molecule has 1 aliphatic carbocycles. The number of rotatable bonds is 2. The molecule has 0 saturated heterocycles. The molecular weight excluding hydrogens is 337 g/mol. The molecule has 0 spiro atoms. The van der Waals surface area contributed by atoms with E-state index < -0.39 is 5.54 Å². The van der Waals surface area contributed by atoms with Crippen molar-refractivity contribution in [2.24, 2.45) is 11.7 Å². The van der Waals surface area contributed by atoms with E-state index in [9.17, 15) is 4.39 Å². The molecule has 1 heterocycles. The molecule has 6 heteroatoms. The number of hydrogen-bond acceptors (Lipinski definition) is 4. The minimum absolute atomic E-state index is 0.292. The van der Waals surface area contributed by atoms with Gasteiger partial charge in [0.1, 0.15) is 5.82 Å². The van der Waals surface area contributed by atoms with Crippen molar-refractivity contribution in [3.05, 3.63) is 34.3 Å². The summed E-state index contributed by atoms with van der Waals surface area (Å²) in [7, 11) is 0. The first-order valence-corrected chi connectivity index (χ1v) is 7.86. The third kappa shape index (κ3) is 2.87. The Morgan fingerprint density at radius 1 is 1.38 bits per heavy atom. The largest absolute Gasteiger partial charge is 0.334 e. The Morgan fingerprint density at radius 3 is 2.81 bits per heavy atom. The van der Waals surface area contributed by atoms with Gasteiger partial charge in [-0.05, 0) is 65.7 Å². The average Bonchev–Trinajstić information content (AvgIpc) is 2.95. The van der Waals surface area contributed by atoms with Crippen LogP contribution in [0.1, 0.15) is 38.4 Å². The Balaban J connectivity index is 1.91. The highest BCUT2D eigenvalue weighted by atomic mass is 79.9. The van der Waals surface area contributed by atoms with Crippen LogP contribution in [0.15, 0.2) is 27.2 Å². The predicted octanol–water partition coefficient (Wildman–Crippen LogP) is 4.00. The van der Waals surface area contributed by atoms with Crippen molar-refractivity contribution in [2.75, 3.05) is 0 Å². The average molecular weight is 354 g/mol. The summed E-state index contributed by atoms with van der Waals surface area (Å²) in [6, 6.07) is 4.36. The maximum absolute atomic E-state index is 13.4. The quantitative estimate of drug-likeness (QED) is 0.885. The van der Waals surface area contributed by atoms with Gasteiger partial charge in [0.2, 0.25) is 0 Å². The van der Waals surface area contributed by atoms with Crippen molar-refractivity contribution in [2.45, 2.75) is 38.1 Å². The van der Waals surface area contributed by atoms with Crippen LogP contribution < -0.4 is 5.73 Å². The summed E-state index contributed by atoms with van der Waals surface area (Å²) in [6.45, 7) is 2.23. The van der Waals surface area contributed by atoms with Gasteiger partial charge in [0, 0.05) is 4.47 Å². The van der Waals surface area contributed by atoms with Crippen LogP contribution in [0.5, 0.6) is 0 Å². The van der Waals surface area contributed by atoms with Gasteiger partial charge < -0.3 is 10.3 Å². The highest BCUT2D eigenvalue weighted by Gasteiger charge is 2.36. The van der Waals surface area contributed by atoms with E-state index in [1.165, 1.54) is 12.1 Å². The number of nitrogens with two attached hydrogens (primary N) is 1. The molecule has 2 aromatic rings. The van der Waals surface area contributed by atoms with Crippen LogP contribution in [0.25, 0.3) is 11.5 Å². The molecule has 0 atom stereocenters. The summed E-state index contributed by atoms with van der Waals surface area (Å²) in [6.07, 6.45) is 3.81. The lowest BCUT2D eigenvalue weighted by molar-refractivity contribution is 0.230. The highest BCUT2D eigenvalue weighted by molar-refractivity contribution is 9.10. The van der Waals surface area contributed by atoms with Crippen molar-refractivity contribution in [1.29, 1.82) is 0 Å². The third-order valence-electron chi connectivity index (χ3n) is 4.20. The molecule has 1 aliphatic rings. The number of halogens is 2. The molecule has 0 amide bonds. The van der Waals surface area contributed by atoms with Crippen LogP contribution in [-0.2, 0) is 5.54 Å². The second kappa shape index (κ2) is 5.50. The highest BCUT2D eigenvalue weighted by Crippen LogP contribution is 2.37. The Bertz CT molecular complexity index is 650. The van der Waals surface area contributed by atoms with E-state index in [0.717, 1.165) is 25.7 Å². The molecule has 112 valence electrons. The maximum Gasteiger partial charge on any atom is 0.259 e. The molecule has 1 fully saturated rings. The number of benzene rings is 1. The van der Waals surface area contributed by atoms with Gasteiger partial charge in [0.15, 0.2) is 5.82 Å². The first kappa shape index (κ1) is 14.7. The van der Waals surface area contributed by atoms with Gasteiger partial charge in [-0.3, -0.25) is 0 Å². The van der Waals surface area contributed by atoms with Crippen LogP contribution in [-0.4, -0.2) is 10.1 Å². The van der Waals surface area contributed by atoms with E-state index in [0.29, 0.717) is 27.7 Å². The normalized spacial score (nSPS) is 26.0. The summed E-state index contributed by atoms with van der Waals surface area (Å²) < 4.78 is 19.4. The SMILES string of the molecule is CC1CCC(N)(c2noc(-c3cc(F)ccc3Br)n2)CC1. The number of hydrogen-bond donors (Lipinski definition) is 1. The van der Waals surface area contributed by atoms with Crippen LogP contribution in [0.4, 0.5) is 4.39 Å². The zero-order valence-corrected chi connectivity index (χ0v) is 13.4. The molecule has 0 unspecified atom stereocenters. The summed E-state index contributed by atoms with van der Waals surface area (Å²) in [5.41, 5.74) is 6.44. The van der Waals surface area contributed by atoms with Gasteiger partial charge >= 0.3 is 0 Å². The van der Waals surface area contributed by atoms with Crippen molar-refractivity contribution < 1.29 is 8.91 Å². The summed E-state index contributed by atoms with van der Waals surface area (Å²) in [4.78, 5) is 4.40.